The van der Waals surface area contributed by atoms with Crippen molar-refractivity contribution in [3.63, 3.8) is 0 Å². The van der Waals surface area contributed by atoms with Crippen LogP contribution in [-0.2, 0) is 11.2 Å². The summed E-state index contributed by atoms with van der Waals surface area (Å²) in [6, 6.07) is 9.20. The number of hydrogen-bond acceptors (Lipinski definition) is 4. The number of nitrogens with one attached hydrogen (secondary N) is 2. The van der Waals surface area contributed by atoms with Gasteiger partial charge in [0.1, 0.15) is 11.6 Å². The van der Waals surface area contributed by atoms with E-state index in [4.69, 9.17) is 0 Å². The van der Waals surface area contributed by atoms with Crippen molar-refractivity contribution in [2.45, 2.75) is 58.5 Å². The molecule has 1 amide bonds. The van der Waals surface area contributed by atoms with Gasteiger partial charge in [-0.2, -0.15) is 0 Å². The summed E-state index contributed by atoms with van der Waals surface area (Å²) in [7, 11) is 0. The van der Waals surface area contributed by atoms with Crippen LogP contribution in [0.1, 0.15) is 48.8 Å². The van der Waals surface area contributed by atoms with Gasteiger partial charge >= 0.3 is 0 Å². The lowest BCUT2D eigenvalue weighted by molar-refractivity contribution is -0.123. The average Bonchev–Trinajstić information content (AvgIpc) is 3.11. The van der Waals surface area contributed by atoms with Crippen LogP contribution >= 0.6 is 0 Å². The number of aryl methyl sites for hydroxylation is 2. The first-order chi connectivity index (χ1) is 14.4. The molecule has 1 unspecified atom stereocenters. The third-order valence-corrected chi connectivity index (χ3v) is 6.76. The third-order valence-electron chi connectivity index (χ3n) is 6.76. The van der Waals surface area contributed by atoms with Gasteiger partial charge in [-0.3, -0.25) is 9.69 Å². The summed E-state index contributed by atoms with van der Waals surface area (Å²) >= 11 is 0. The van der Waals surface area contributed by atoms with Crippen molar-refractivity contribution in [3.05, 3.63) is 53.1 Å². The minimum Gasteiger partial charge on any atom is -0.361 e. The molecule has 1 aliphatic carbocycles. The van der Waals surface area contributed by atoms with E-state index in [1.807, 2.05) is 19.9 Å². The van der Waals surface area contributed by atoms with E-state index in [1.54, 1.807) is 0 Å². The predicted octanol–water partition coefficient (Wildman–Crippen LogP) is 3.95. The molecular weight excluding hydrogens is 374 g/mol. The maximum atomic E-state index is 13.3. The average molecular weight is 404 g/mol. The number of nitrogens with zero attached hydrogens (tertiary/aromatic N) is 3. The van der Waals surface area contributed by atoms with Gasteiger partial charge in [-0.05, 0) is 57.7 Å². The van der Waals surface area contributed by atoms with Crippen LogP contribution in [0.2, 0.25) is 0 Å². The number of likely N-dealkylation sites (tertiary alicyclic amines) is 1. The van der Waals surface area contributed by atoms with Gasteiger partial charge in [0.05, 0.1) is 5.92 Å². The van der Waals surface area contributed by atoms with Crippen molar-refractivity contribution in [3.8, 4) is 0 Å². The Morgan fingerprint density at radius 3 is 2.87 bits per heavy atom. The van der Waals surface area contributed by atoms with E-state index in [9.17, 15) is 4.79 Å². The Morgan fingerprint density at radius 1 is 1.27 bits per heavy atom. The molecule has 2 aromatic heterocycles. The van der Waals surface area contributed by atoms with Crippen LogP contribution in [0.15, 0.2) is 30.5 Å². The molecule has 3 atom stereocenters. The minimum absolute atomic E-state index is 0.0589. The van der Waals surface area contributed by atoms with Crippen molar-refractivity contribution in [2.75, 3.05) is 11.9 Å². The van der Waals surface area contributed by atoms with Crippen LogP contribution in [0, 0.1) is 19.8 Å². The number of rotatable bonds is 3. The zero-order chi connectivity index (χ0) is 21.0. The molecule has 3 heterocycles. The number of carbonyl (C=O) groups is 1. The van der Waals surface area contributed by atoms with Crippen LogP contribution in [0.4, 0.5) is 5.82 Å². The smallest absolute Gasteiger partial charge is 0.229 e. The maximum Gasteiger partial charge on any atom is 0.229 e. The molecule has 0 spiro atoms. The Hall–Kier alpha value is -2.73. The summed E-state index contributed by atoms with van der Waals surface area (Å²) in [5.74, 6) is 1.63. The second-order valence-electron chi connectivity index (χ2n) is 9.12. The lowest BCUT2D eigenvalue weighted by Gasteiger charge is -2.48. The molecule has 5 rings (SSSR count). The molecule has 2 N–H and O–H groups in total. The summed E-state index contributed by atoms with van der Waals surface area (Å²) in [6.07, 6.45) is 4.08. The van der Waals surface area contributed by atoms with Gasteiger partial charge in [0, 0.05) is 53.4 Å². The number of piperidine rings is 1. The van der Waals surface area contributed by atoms with E-state index < -0.39 is 0 Å². The Kier molecular flexibility index (Phi) is 4.62. The van der Waals surface area contributed by atoms with Crippen LogP contribution in [0.25, 0.3) is 10.9 Å². The van der Waals surface area contributed by atoms with Gasteiger partial charge in [0.2, 0.25) is 5.91 Å². The largest absolute Gasteiger partial charge is 0.361 e. The Bertz CT molecular complexity index is 1100. The quantitative estimate of drug-likeness (QED) is 0.694. The fraction of sp³-hybridized carbons (Fsp3) is 0.458. The number of hydrogen-bond donors (Lipinski definition) is 2. The summed E-state index contributed by atoms with van der Waals surface area (Å²) in [5, 5.41) is 4.43. The highest BCUT2D eigenvalue weighted by molar-refractivity contribution is 5.92. The van der Waals surface area contributed by atoms with Gasteiger partial charge in [-0.1, -0.05) is 12.1 Å². The van der Waals surface area contributed by atoms with E-state index in [2.05, 4.69) is 63.4 Å². The fourth-order valence-corrected chi connectivity index (χ4v) is 5.53. The topological polar surface area (TPSA) is 73.9 Å². The summed E-state index contributed by atoms with van der Waals surface area (Å²) in [5.41, 5.74) is 4.86. The molecule has 0 saturated carbocycles. The first-order valence-corrected chi connectivity index (χ1v) is 10.9. The first kappa shape index (κ1) is 19.2. The molecule has 6 nitrogen and oxygen atoms in total. The number of aromatic amines is 1. The predicted molar refractivity (Wildman–Crippen MR) is 119 cm³/mol. The number of H-pyrrole nitrogens is 1. The minimum atomic E-state index is -0.0695. The highest BCUT2D eigenvalue weighted by Crippen LogP contribution is 2.45. The zero-order valence-electron chi connectivity index (χ0n) is 18.1. The van der Waals surface area contributed by atoms with Gasteiger partial charge in [-0.15, -0.1) is 0 Å². The SMILES string of the molecule is Cc1cc(NC(=O)[C@@H]2CC3c4cccc5[nH]cc(c45)C[C@H]3N(C(C)C)C2)nc(C)n1. The van der Waals surface area contributed by atoms with E-state index >= 15 is 0 Å². The van der Waals surface area contributed by atoms with E-state index in [1.165, 1.54) is 22.0 Å². The van der Waals surface area contributed by atoms with Crippen molar-refractivity contribution in [2.24, 2.45) is 5.92 Å². The molecule has 30 heavy (non-hydrogen) atoms. The number of fused-ring (bicyclic) bond motifs is 2. The van der Waals surface area contributed by atoms with Crippen LogP contribution in [-0.4, -0.2) is 44.4 Å². The van der Waals surface area contributed by atoms with Crippen LogP contribution < -0.4 is 5.32 Å². The molecule has 6 heteroatoms. The molecule has 1 fully saturated rings. The highest BCUT2D eigenvalue weighted by Gasteiger charge is 2.43. The number of carbonyl (C=O) groups excluding carboxylic acids is 1. The van der Waals surface area contributed by atoms with Gasteiger partial charge < -0.3 is 10.3 Å². The van der Waals surface area contributed by atoms with E-state index in [0.717, 1.165) is 25.1 Å². The monoisotopic (exact) mass is 403 g/mol. The molecule has 2 aliphatic rings. The molecule has 0 radical (unpaired) electrons. The first-order valence-electron chi connectivity index (χ1n) is 10.9. The molecule has 0 bridgehead atoms. The molecule has 3 aromatic rings. The molecule has 1 saturated heterocycles. The molecule has 156 valence electrons. The van der Waals surface area contributed by atoms with Gasteiger partial charge in [0.25, 0.3) is 0 Å². The third kappa shape index (κ3) is 3.19. The molecular formula is C24H29N5O. The lowest BCUT2D eigenvalue weighted by atomic mass is 9.71. The maximum absolute atomic E-state index is 13.3. The Morgan fingerprint density at radius 2 is 2.10 bits per heavy atom. The van der Waals surface area contributed by atoms with E-state index in [0.29, 0.717) is 29.6 Å². The number of benzene rings is 1. The Labute approximate surface area is 177 Å². The lowest BCUT2D eigenvalue weighted by Crippen LogP contribution is -2.54. The van der Waals surface area contributed by atoms with Crippen molar-refractivity contribution in [1.29, 1.82) is 0 Å². The normalized spacial score (nSPS) is 23.6. The zero-order valence-corrected chi connectivity index (χ0v) is 18.1. The van der Waals surface area contributed by atoms with Crippen LogP contribution in [0.5, 0.6) is 0 Å². The highest BCUT2D eigenvalue weighted by atomic mass is 16.2. The van der Waals surface area contributed by atoms with Crippen molar-refractivity contribution in [1.82, 2.24) is 19.9 Å². The summed E-state index contributed by atoms with van der Waals surface area (Å²) < 4.78 is 0. The van der Waals surface area contributed by atoms with E-state index in [-0.39, 0.29) is 11.8 Å². The number of anilines is 1. The standard InChI is InChI=1S/C24H29N5O/c1-13(2)29-12-17(24(30)28-22-8-14(3)26-15(4)27-22)9-19-18-6-5-7-20-23(18)16(11-25-20)10-21(19)29/h5-8,11,13,17,19,21,25H,9-10,12H2,1-4H3,(H,26,27,28,30)/t17-,19?,21-/m1/s1. The summed E-state index contributed by atoms with van der Waals surface area (Å²) in [6.45, 7) is 9.03. The van der Waals surface area contributed by atoms with Crippen molar-refractivity contribution >= 4 is 22.6 Å². The second kappa shape index (κ2) is 7.20. The fourth-order valence-electron chi connectivity index (χ4n) is 5.53. The number of aromatic nitrogens is 3. The molecule has 1 aromatic carbocycles. The van der Waals surface area contributed by atoms with Crippen molar-refractivity contribution < 1.29 is 4.79 Å². The number of amides is 1. The van der Waals surface area contributed by atoms with Gasteiger partial charge in [-0.25, -0.2) is 9.97 Å². The second-order valence-corrected chi connectivity index (χ2v) is 9.12. The summed E-state index contributed by atoms with van der Waals surface area (Å²) in [4.78, 5) is 27.9. The van der Waals surface area contributed by atoms with Gasteiger partial charge in [0.15, 0.2) is 0 Å². The molecule has 1 aliphatic heterocycles. The Balaban J connectivity index is 1.47. The van der Waals surface area contributed by atoms with Crippen LogP contribution in [0.3, 0.4) is 0 Å².